The molecule has 1 amide bonds. The summed E-state index contributed by atoms with van der Waals surface area (Å²) >= 11 is 2.18. The quantitative estimate of drug-likeness (QED) is 0.742. The number of fused-ring (bicyclic) bond motifs is 1. The van der Waals surface area contributed by atoms with Crippen LogP contribution in [0.5, 0.6) is 5.75 Å². The van der Waals surface area contributed by atoms with Gasteiger partial charge in [-0.15, -0.1) is 0 Å². The topological polar surface area (TPSA) is 38.3 Å². The number of ether oxygens (including phenoxy) is 1. The van der Waals surface area contributed by atoms with Crippen LogP contribution in [0.2, 0.25) is 0 Å². The van der Waals surface area contributed by atoms with Gasteiger partial charge in [0.1, 0.15) is 0 Å². The summed E-state index contributed by atoms with van der Waals surface area (Å²) in [6.07, 6.45) is -0.400. The molecule has 0 saturated heterocycles. The van der Waals surface area contributed by atoms with Crippen molar-refractivity contribution < 1.29 is 9.53 Å². The SMILES string of the molecule is C[C@H]1Oc2c(I)cccc2NC1=O. The molecule has 0 aromatic heterocycles. The van der Waals surface area contributed by atoms with Gasteiger partial charge in [0.05, 0.1) is 9.26 Å². The Morgan fingerprint density at radius 2 is 2.31 bits per heavy atom. The van der Waals surface area contributed by atoms with Crippen LogP contribution in [0.1, 0.15) is 6.92 Å². The number of para-hydroxylation sites is 1. The zero-order valence-corrected chi connectivity index (χ0v) is 9.16. The van der Waals surface area contributed by atoms with E-state index in [1.165, 1.54) is 0 Å². The van der Waals surface area contributed by atoms with Gasteiger partial charge >= 0.3 is 0 Å². The smallest absolute Gasteiger partial charge is 0.265 e. The van der Waals surface area contributed by atoms with E-state index in [4.69, 9.17) is 4.74 Å². The van der Waals surface area contributed by atoms with Crippen LogP contribution in [0.25, 0.3) is 0 Å². The molecule has 2 rings (SSSR count). The van der Waals surface area contributed by atoms with Gasteiger partial charge in [0.15, 0.2) is 11.9 Å². The van der Waals surface area contributed by atoms with Gasteiger partial charge in [-0.25, -0.2) is 0 Å². The Morgan fingerprint density at radius 1 is 1.54 bits per heavy atom. The van der Waals surface area contributed by atoms with Crippen molar-refractivity contribution in [2.75, 3.05) is 5.32 Å². The average Bonchev–Trinajstić information content (AvgIpc) is 2.09. The predicted octanol–water partition coefficient (Wildman–Crippen LogP) is 2.01. The number of benzene rings is 1. The van der Waals surface area contributed by atoms with Crippen molar-refractivity contribution in [3.8, 4) is 5.75 Å². The third-order valence-corrected chi connectivity index (χ3v) is 2.74. The van der Waals surface area contributed by atoms with Crippen LogP contribution in [0.15, 0.2) is 18.2 Å². The fraction of sp³-hybridized carbons (Fsp3) is 0.222. The Labute approximate surface area is 89.6 Å². The van der Waals surface area contributed by atoms with E-state index in [1.807, 2.05) is 18.2 Å². The molecule has 3 nitrogen and oxygen atoms in total. The number of carbonyl (C=O) groups excluding carboxylic acids is 1. The van der Waals surface area contributed by atoms with Crippen LogP contribution >= 0.6 is 22.6 Å². The molecule has 1 aromatic carbocycles. The van der Waals surface area contributed by atoms with E-state index in [2.05, 4.69) is 27.9 Å². The van der Waals surface area contributed by atoms with Crippen LogP contribution in [0.4, 0.5) is 5.69 Å². The molecule has 0 fully saturated rings. The molecule has 0 bridgehead atoms. The molecule has 1 heterocycles. The van der Waals surface area contributed by atoms with E-state index < -0.39 is 6.10 Å². The van der Waals surface area contributed by atoms with E-state index >= 15 is 0 Å². The van der Waals surface area contributed by atoms with Gasteiger partial charge in [-0.05, 0) is 41.6 Å². The summed E-state index contributed by atoms with van der Waals surface area (Å²) in [6, 6.07) is 5.67. The first kappa shape index (κ1) is 8.80. The van der Waals surface area contributed by atoms with Gasteiger partial charge in [0.25, 0.3) is 5.91 Å². The first-order chi connectivity index (χ1) is 6.18. The van der Waals surface area contributed by atoms with Crippen molar-refractivity contribution in [2.24, 2.45) is 0 Å². The van der Waals surface area contributed by atoms with Gasteiger partial charge < -0.3 is 10.1 Å². The van der Waals surface area contributed by atoms with Crippen LogP contribution in [0, 0.1) is 3.57 Å². The normalized spacial score (nSPS) is 20.2. The van der Waals surface area contributed by atoms with Crippen molar-refractivity contribution in [3.05, 3.63) is 21.8 Å². The molecule has 1 N–H and O–H groups in total. The number of hydrogen-bond acceptors (Lipinski definition) is 2. The Balaban J connectivity index is 2.48. The Hall–Kier alpha value is -0.780. The van der Waals surface area contributed by atoms with Crippen molar-refractivity contribution in [1.82, 2.24) is 0 Å². The first-order valence-corrected chi connectivity index (χ1v) is 5.02. The number of rotatable bonds is 0. The number of carbonyl (C=O) groups is 1. The molecule has 0 spiro atoms. The highest BCUT2D eigenvalue weighted by Gasteiger charge is 2.24. The van der Waals surface area contributed by atoms with E-state index in [1.54, 1.807) is 6.92 Å². The number of anilines is 1. The van der Waals surface area contributed by atoms with E-state index in [0.29, 0.717) is 0 Å². The summed E-state index contributed by atoms with van der Waals surface area (Å²) in [5, 5.41) is 2.78. The second-order valence-corrected chi connectivity index (χ2v) is 4.03. The predicted molar refractivity (Wildman–Crippen MR) is 57.9 cm³/mol. The first-order valence-electron chi connectivity index (χ1n) is 3.94. The monoisotopic (exact) mass is 289 g/mol. The molecule has 0 saturated carbocycles. The van der Waals surface area contributed by atoms with Crippen molar-refractivity contribution >= 4 is 34.2 Å². The highest BCUT2D eigenvalue weighted by Crippen LogP contribution is 2.33. The summed E-state index contributed by atoms with van der Waals surface area (Å²) in [7, 11) is 0. The van der Waals surface area contributed by atoms with Crippen molar-refractivity contribution in [3.63, 3.8) is 0 Å². The highest BCUT2D eigenvalue weighted by molar-refractivity contribution is 14.1. The summed E-state index contributed by atoms with van der Waals surface area (Å²) in [4.78, 5) is 11.2. The molecule has 0 unspecified atom stereocenters. The summed E-state index contributed by atoms with van der Waals surface area (Å²) in [5.41, 5.74) is 0.759. The fourth-order valence-corrected chi connectivity index (χ4v) is 1.82. The minimum atomic E-state index is -0.400. The molecule has 0 radical (unpaired) electrons. The van der Waals surface area contributed by atoms with E-state index in [9.17, 15) is 4.79 Å². The van der Waals surface area contributed by atoms with Crippen LogP contribution in [-0.4, -0.2) is 12.0 Å². The van der Waals surface area contributed by atoms with Crippen molar-refractivity contribution in [2.45, 2.75) is 13.0 Å². The second kappa shape index (κ2) is 3.17. The second-order valence-electron chi connectivity index (χ2n) is 2.87. The van der Waals surface area contributed by atoms with Crippen molar-refractivity contribution in [1.29, 1.82) is 0 Å². The number of nitrogens with one attached hydrogen (secondary N) is 1. The third-order valence-electron chi connectivity index (χ3n) is 1.89. The minimum absolute atomic E-state index is 0.0884. The maximum atomic E-state index is 11.2. The molecule has 68 valence electrons. The molecule has 13 heavy (non-hydrogen) atoms. The minimum Gasteiger partial charge on any atom is -0.478 e. The maximum absolute atomic E-state index is 11.2. The van der Waals surface area contributed by atoms with Gasteiger partial charge in [0.2, 0.25) is 0 Å². The van der Waals surface area contributed by atoms with Gasteiger partial charge in [0, 0.05) is 0 Å². The summed E-state index contributed by atoms with van der Waals surface area (Å²) in [6.45, 7) is 1.74. The van der Waals surface area contributed by atoms with Gasteiger partial charge in [-0.2, -0.15) is 0 Å². The zero-order chi connectivity index (χ0) is 9.42. The molecule has 1 aromatic rings. The van der Waals surface area contributed by atoms with Crippen LogP contribution in [-0.2, 0) is 4.79 Å². The molecule has 0 aliphatic carbocycles. The van der Waals surface area contributed by atoms with Crippen LogP contribution < -0.4 is 10.1 Å². The molecule has 1 aliphatic heterocycles. The lowest BCUT2D eigenvalue weighted by atomic mass is 10.2. The highest BCUT2D eigenvalue weighted by atomic mass is 127. The summed E-state index contributed by atoms with van der Waals surface area (Å²) < 4.78 is 6.47. The number of amides is 1. The van der Waals surface area contributed by atoms with Gasteiger partial charge in [-0.1, -0.05) is 6.07 Å². The molecular weight excluding hydrogens is 281 g/mol. The average molecular weight is 289 g/mol. The molecular formula is C9H8INO2. The Kier molecular flexibility index (Phi) is 2.15. The largest absolute Gasteiger partial charge is 0.478 e. The Bertz CT molecular complexity index is 365. The Morgan fingerprint density at radius 3 is 3.08 bits per heavy atom. The molecule has 4 heteroatoms. The molecule has 1 aliphatic rings. The zero-order valence-electron chi connectivity index (χ0n) is 7.00. The standard InChI is InChI=1S/C9H8INO2/c1-5-9(12)11-7-4-2-3-6(10)8(7)13-5/h2-5H,1H3,(H,11,12)/t5-/m1/s1. The van der Waals surface area contributed by atoms with E-state index in [0.717, 1.165) is 15.0 Å². The van der Waals surface area contributed by atoms with E-state index in [-0.39, 0.29) is 5.91 Å². The number of halogens is 1. The lowest BCUT2D eigenvalue weighted by molar-refractivity contribution is -0.122. The molecule has 1 atom stereocenters. The maximum Gasteiger partial charge on any atom is 0.265 e. The lowest BCUT2D eigenvalue weighted by Gasteiger charge is -2.23. The summed E-state index contributed by atoms with van der Waals surface area (Å²) in [5.74, 6) is 0.685. The van der Waals surface area contributed by atoms with Gasteiger partial charge in [-0.3, -0.25) is 4.79 Å². The lowest BCUT2D eigenvalue weighted by Crippen LogP contribution is -2.34. The number of hydrogen-bond donors (Lipinski definition) is 1. The fourth-order valence-electron chi connectivity index (χ4n) is 1.19. The third kappa shape index (κ3) is 1.50. The van der Waals surface area contributed by atoms with Crippen LogP contribution in [0.3, 0.4) is 0 Å².